The molecule has 0 heterocycles. The maximum Gasteiger partial charge on any atom is 0.0834 e. The van der Waals surface area contributed by atoms with Gasteiger partial charge in [-0.25, -0.2) is 0 Å². The third-order valence-electron chi connectivity index (χ3n) is 10.4. The normalized spacial score (nSPS) is 47.0. The molecule has 0 spiro atoms. The van der Waals surface area contributed by atoms with Crippen molar-refractivity contribution in [1.82, 2.24) is 0 Å². The summed E-state index contributed by atoms with van der Waals surface area (Å²) >= 11 is 0. The van der Waals surface area contributed by atoms with E-state index in [0.29, 0.717) is 35.3 Å². The Bertz CT molecular complexity index is 730. The topological polar surface area (TPSA) is 73.1 Å². The molecule has 31 heavy (non-hydrogen) atoms. The van der Waals surface area contributed by atoms with Crippen molar-refractivity contribution in [3.05, 3.63) is 11.6 Å². The number of aliphatic hydroxyl groups excluding tert-OH is 2. The highest BCUT2D eigenvalue weighted by molar-refractivity contribution is 6.02. The van der Waals surface area contributed by atoms with Crippen molar-refractivity contribution in [2.45, 2.75) is 105 Å². The first-order chi connectivity index (χ1) is 14.6. The molecule has 0 unspecified atom stereocenters. The summed E-state index contributed by atoms with van der Waals surface area (Å²) in [4.78, 5) is 0. The van der Waals surface area contributed by atoms with Crippen LogP contribution in [-0.4, -0.2) is 33.3 Å². The largest absolute Gasteiger partial charge is 0.411 e. The average molecular weight is 432 g/mol. The second-order valence-corrected chi connectivity index (χ2v) is 12.3. The van der Waals surface area contributed by atoms with Crippen LogP contribution in [0.2, 0.25) is 0 Å². The van der Waals surface area contributed by atoms with E-state index in [0.717, 1.165) is 36.2 Å². The Kier molecular flexibility index (Phi) is 6.37. The highest BCUT2D eigenvalue weighted by Crippen LogP contribution is 2.67. The van der Waals surface area contributed by atoms with Crippen LogP contribution in [0.15, 0.2) is 16.8 Å². The predicted octanol–water partition coefficient (Wildman–Crippen LogP) is 5.80. The Labute approximate surface area is 189 Å². The van der Waals surface area contributed by atoms with E-state index in [9.17, 15) is 15.4 Å². The molecule has 0 saturated heterocycles. The molecule has 0 aliphatic heterocycles. The van der Waals surface area contributed by atoms with Gasteiger partial charge in [0.1, 0.15) is 0 Å². The number of rotatable bonds is 5. The van der Waals surface area contributed by atoms with Crippen LogP contribution in [0.3, 0.4) is 0 Å². The lowest BCUT2D eigenvalue weighted by molar-refractivity contribution is -0.0926. The molecule has 9 atom stereocenters. The molecular weight excluding hydrogens is 386 g/mol. The fourth-order valence-electron chi connectivity index (χ4n) is 8.72. The Balaban J connectivity index is 1.59. The summed E-state index contributed by atoms with van der Waals surface area (Å²) in [6, 6.07) is 0. The summed E-state index contributed by atoms with van der Waals surface area (Å²) < 4.78 is 0. The molecule has 4 aliphatic rings. The van der Waals surface area contributed by atoms with Gasteiger partial charge in [0.15, 0.2) is 0 Å². The first kappa shape index (κ1) is 23.3. The van der Waals surface area contributed by atoms with Crippen molar-refractivity contribution in [3.8, 4) is 0 Å². The van der Waals surface area contributed by atoms with E-state index >= 15 is 0 Å². The number of oxime groups is 1. The number of hydrogen-bond donors (Lipinski definition) is 3. The van der Waals surface area contributed by atoms with Gasteiger partial charge in [0.2, 0.25) is 0 Å². The summed E-state index contributed by atoms with van der Waals surface area (Å²) in [7, 11) is 0. The number of hydrogen-bond acceptors (Lipinski definition) is 4. The molecule has 3 fully saturated rings. The van der Waals surface area contributed by atoms with E-state index < -0.39 is 17.6 Å². The van der Waals surface area contributed by atoms with Gasteiger partial charge in [-0.2, -0.15) is 0 Å². The van der Waals surface area contributed by atoms with E-state index in [2.05, 4.69) is 39.8 Å². The third kappa shape index (κ3) is 3.70. The van der Waals surface area contributed by atoms with E-state index in [1.165, 1.54) is 38.5 Å². The smallest absolute Gasteiger partial charge is 0.0834 e. The lowest BCUT2D eigenvalue weighted by atomic mass is 9.45. The highest BCUT2D eigenvalue weighted by atomic mass is 16.4. The number of fused-ring (bicyclic) bond motifs is 5. The highest BCUT2D eigenvalue weighted by Gasteiger charge is 2.62. The van der Waals surface area contributed by atoms with Crippen LogP contribution in [0.5, 0.6) is 0 Å². The molecule has 4 aliphatic carbocycles. The Hall–Kier alpha value is -0.870. The molecule has 4 rings (SSSR count). The Morgan fingerprint density at radius 2 is 1.81 bits per heavy atom. The van der Waals surface area contributed by atoms with E-state index in [1.54, 1.807) is 0 Å². The standard InChI is InChI=1S/C27H45NO3/c1-16(2)7-6-8-17(3)20-9-10-21-19-15-24(28-31)23-13-18(29)14-25(30)27(23,5)22(19)11-12-26(20,21)4/h13,16-22,25,29-31H,6-12,14-15H2,1-5H3/b28-24+/t17-,18-,19+,20-,21+,22+,25+,26-,27-/m1/s1. The molecule has 176 valence electrons. The summed E-state index contributed by atoms with van der Waals surface area (Å²) in [6.07, 6.45) is 10.8. The molecule has 0 radical (unpaired) electrons. The van der Waals surface area contributed by atoms with Gasteiger partial charge in [0.05, 0.1) is 17.9 Å². The summed E-state index contributed by atoms with van der Waals surface area (Å²) in [5, 5.41) is 35.0. The minimum atomic E-state index is -0.650. The SMILES string of the molecule is CC(C)CCC[C@@H](C)[C@H]1CC[C@H]2[C@@H]3C/C(=N\O)C4=C[C@@H](O)C[C@H](O)[C@]4(C)[C@H]3CC[C@]12C. The molecule has 3 N–H and O–H groups in total. The van der Waals surface area contributed by atoms with Gasteiger partial charge in [-0.15, -0.1) is 0 Å². The molecule has 0 aromatic rings. The van der Waals surface area contributed by atoms with Crippen LogP contribution in [0, 0.1) is 46.3 Å². The molecule has 4 nitrogen and oxygen atoms in total. The molecule has 0 aromatic heterocycles. The maximum absolute atomic E-state index is 11.1. The van der Waals surface area contributed by atoms with Gasteiger partial charge in [-0.1, -0.05) is 65.1 Å². The van der Waals surface area contributed by atoms with Gasteiger partial charge in [0.25, 0.3) is 0 Å². The average Bonchev–Trinajstić information content (AvgIpc) is 3.06. The van der Waals surface area contributed by atoms with Crippen molar-refractivity contribution < 1.29 is 15.4 Å². The second-order valence-electron chi connectivity index (χ2n) is 12.3. The van der Waals surface area contributed by atoms with E-state index in [-0.39, 0.29) is 0 Å². The lowest BCUT2D eigenvalue weighted by Crippen LogP contribution is -2.58. The van der Waals surface area contributed by atoms with Crippen LogP contribution in [0.4, 0.5) is 0 Å². The number of nitrogens with zero attached hydrogens (tertiary/aromatic N) is 1. The van der Waals surface area contributed by atoms with Crippen LogP contribution in [0.1, 0.15) is 92.4 Å². The molecule has 0 aromatic carbocycles. The maximum atomic E-state index is 11.1. The van der Waals surface area contributed by atoms with Crippen molar-refractivity contribution in [1.29, 1.82) is 0 Å². The van der Waals surface area contributed by atoms with Gasteiger partial charge >= 0.3 is 0 Å². The zero-order valence-electron chi connectivity index (χ0n) is 20.3. The Morgan fingerprint density at radius 1 is 1.06 bits per heavy atom. The fourth-order valence-corrected chi connectivity index (χ4v) is 8.72. The molecule has 4 heteroatoms. The first-order valence-corrected chi connectivity index (χ1v) is 12.9. The lowest BCUT2D eigenvalue weighted by Gasteiger charge is -2.59. The van der Waals surface area contributed by atoms with Crippen molar-refractivity contribution in [3.63, 3.8) is 0 Å². The minimum absolute atomic E-state index is 0.357. The third-order valence-corrected chi connectivity index (χ3v) is 10.4. The second kappa shape index (κ2) is 8.48. The van der Waals surface area contributed by atoms with Crippen molar-refractivity contribution in [2.24, 2.45) is 51.5 Å². The Morgan fingerprint density at radius 3 is 2.48 bits per heavy atom. The van der Waals surface area contributed by atoms with Crippen LogP contribution in [-0.2, 0) is 0 Å². The molecule has 3 saturated carbocycles. The predicted molar refractivity (Wildman–Crippen MR) is 125 cm³/mol. The van der Waals surface area contributed by atoms with Crippen molar-refractivity contribution in [2.75, 3.05) is 0 Å². The van der Waals surface area contributed by atoms with Gasteiger partial charge in [-0.3, -0.25) is 0 Å². The van der Waals surface area contributed by atoms with Crippen LogP contribution >= 0.6 is 0 Å². The van der Waals surface area contributed by atoms with Gasteiger partial charge in [0, 0.05) is 11.8 Å². The van der Waals surface area contributed by atoms with E-state index in [1.807, 2.05) is 6.08 Å². The van der Waals surface area contributed by atoms with Gasteiger partial charge < -0.3 is 15.4 Å². The number of aliphatic hydroxyl groups is 2. The van der Waals surface area contributed by atoms with Crippen LogP contribution < -0.4 is 0 Å². The minimum Gasteiger partial charge on any atom is -0.411 e. The molecular formula is C27H45NO3. The fraction of sp³-hybridized carbons (Fsp3) is 0.889. The van der Waals surface area contributed by atoms with Gasteiger partial charge in [-0.05, 0) is 78.6 Å². The monoisotopic (exact) mass is 431 g/mol. The summed E-state index contributed by atoms with van der Waals surface area (Å²) in [6.45, 7) is 11.9. The molecule has 0 amide bonds. The van der Waals surface area contributed by atoms with Crippen molar-refractivity contribution >= 4 is 5.71 Å². The zero-order valence-corrected chi connectivity index (χ0v) is 20.3. The first-order valence-electron chi connectivity index (χ1n) is 12.9. The summed E-state index contributed by atoms with van der Waals surface area (Å²) in [5.74, 6) is 3.84. The summed E-state index contributed by atoms with van der Waals surface area (Å²) in [5.41, 5.74) is 1.56. The van der Waals surface area contributed by atoms with Crippen LogP contribution in [0.25, 0.3) is 0 Å². The van der Waals surface area contributed by atoms with E-state index in [4.69, 9.17) is 0 Å². The molecule has 0 bridgehead atoms. The zero-order chi connectivity index (χ0) is 22.6. The quantitative estimate of drug-likeness (QED) is 0.380.